The summed E-state index contributed by atoms with van der Waals surface area (Å²) >= 11 is 1.41. The summed E-state index contributed by atoms with van der Waals surface area (Å²) in [6.07, 6.45) is 3.71. The molecule has 1 amide bonds. The molecule has 0 aliphatic carbocycles. The first-order valence-corrected chi connectivity index (χ1v) is 9.76. The maximum Gasteiger partial charge on any atom is 0.230 e. The molecule has 1 aromatic carbocycles. The van der Waals surface area contributed by atoms with Crippen LogP contribution < -0.4 is 5.32 Å². The molecule has 3 aromatic heterocycles. The third-order valence-corrected chi connectivity index (χ3v) is 5.26. The van der Waals surface area contributed by atoms with Gasteiger partial charge in [0.15, 0.2) is 5.13 Å². The van der Waals surface area contributed by atoms with Gasteiger partial charge in [-0.15, -0.1) is 11.3 Å². The highest BCUT2D eigenvalue weighted by atomic mass is 32.1. The zero-order valence-corrected chi connectivity index (χ0v) is 16.4. The minimum atomic E-state index is -0.102. The Morgan fingerprint density at radius 2 is 1.86 bits per heavy atom. The number of amides is 1. The van der Waals surface area contributed by atoms with Gasteiger partial charge in [0.1, 0.15) is 0 Å². The van der Waals surface area contributed by atoms with Gasteiger partial charge in [0.25, 0.3) is 0 Å². The van der Waals surface area contributed by atoms with Gasteiger partial charge in [-0.25, -0.2) is 9.67 Å². The van der Waals surface area contributed by atoms with Gasteiger partial charge in [-0.3, -0.25) is 9.78 Å². The minimum absolute atomic E-state index is 0.102. The number of benzene rings is 1. The van der Waals surface area contributed by atoms with Gasteiger partial charge in [0, 0.05) is 34.6 Å². The molecule has 0 saturated carbocycles. The van der Waals surface area contributed by atoms with Gasteiger partial charge >= 0.3 is 0 Å². The first-order valence-electron chi connectivity index (χ1n) is 8.88. The van der Waals surface area contributed by atoms with Crippen LogP contribution in [-0.4, -0.2) is 25.7 Å². The Balaban J connectivity index is 1.49. The Morgan fingerprint density at radius 1 is 1.11 bits per heavy atom. The van der Waals surface area contributed by atoms with Gasteiger partial charge in [0.05, 0.1) is 23.5 Å². The lowest BCUT2D eigenvalue weighted by molar-refractivity contribution is -0.115. The van der Waals surface area contributed by atoms with E-state index >= 15 is 0 Å². The molecule has 0 saturated heterocycles. The first kappa shape index (κ1) is 18.1. The van der Waals surface area contributed by atoms with Gasteiger partial charge < -0.3 is 5.32 Å². The van der Waals surface area contributed by atoms with E-state index in [0.29, 0.717) is 5.13 Å². The summed E-state index contributed by atoms with van der Waals surface area (Å²) in [5, 5.41) is 10.0. The predicted octanol–water partition coefficient (Wildman–Crippen LogP) is 4.19. The van der Waals surface area contributed by atoms with E-state index in [1.807, 2.05) is 66.4 Å². The number of rotatable bonds is 5. The van der Waals surface area contributed by atoms with E-state index in [0.717, 1.165) is 33.9 Å². The number of nitrogens with zero attached hydrogens (tertiary/aromatic N) is 4. The monoisotopic (exact) mass is 389 g/mol. The van der Waals surface area contributed by atoms with Crippen LogP contribution in [0.2, 0.25) is 0 Å². The second kappa shape index (κ2) is 7.74. The number of aryl methyl sites for hydroxylation is 1. The fourth-order valence-electron chi connectivity index (χ4n) is 3.06. The van der Waals surface area contributed by atoms with E-state index in [1.54, 1.807) is 12.4 Å². The smallest absolute Gasteiger partial charge is 0.230 e. The molecule has 0 fully saturated rings. The van der Waals surface area contributed by atoms with Crippen molar-refractivity contribution in [1.82, 2.24) is 19.7 Å². The average Bonchev–Trinajstić information content (AvgIpc) is 3.29. The van der Waals surface area contributed by atoms with Gasteiger partial charge in [0.2, 0.25) is 5.91 Å². The number of aromatic nitrogens is 4. The SMILES string of the molecule is Cc1nn(-c2ccccc2)c(C)c1CC(=O)Nc1nc(-c2ccncc2)cs1. The molecule has 3 heterocycles. The number of nitrogens with one attached hydrogen (secondary N) is 1. The summed E-state index contributed by atoms with van der Waals surface area (Å²) in [4.78, 5) is 21.1. The van der Waals surface area contributed by atoms with Crippen LogP contribution in [0, 0.1) is 13.8 Å². The molecule has 0 atom stereocenters. The Bertz CT molecular complexity index is 1100. The Morgan fingerprint density at radius 3 is 2.61 bits per heavy atom. The van der Waals surface area contributed by atoms with Crippen LogP contribution in [0.4, 0.5) is 5.13 Å². The fraction of sp³-hybridized carbons (Fsp3) is 0.143. The van der Waals surface area contributed by atoms with Crippen LogP contribution >= 0.6 is 11.3 Å². The van der Waals surface area contributed by atoms with Crippen molar-refractivity contribution in [3.05, 3.63) is 77.2 Å². The van der Waals surface area contributed by atoms with Crippen molar-refractivity contribution >= 4 is 22.4 Å². The molecule has 7 heteroatoms. The Hall–Kier alpha value is -3.32. The maximum atomic E-state index is 12.6. The van der Waals surface area contributed by atoms with E-state index in [-0.39, 0.29) is 12.3 Å². The molecule has 4 rings (SSSR count). The molecule has 0 aliphatic heterocycles. The van der Waals surface area contributed by atoms with Crippen molar-refractivity contribution in [2.24, 2.45) is 0 Å². The van der Waals surface area contributed by atoms with Crippen LogP contribution in [0.1, 0.15) is 17.0 Å². The summed E-state index contributed by atoms with van der Waals surface area (Å²) in [7, 11) is 0. The lowest BCUT2D eigenvalue weighted by atomic mass is 10.1. The van der Waals surface area contributed by atoms with Crippen molar-refractivity contribution in [1.29, 1.82) is 0 Å². The molecule has 6 nitrogen and oxygen atoms in total. The molecule has 0 spiro atoms. The normalized spacial score (nSPS) is 10.8. The second-order valence-corrected chi connectivity index (χ2v) is 7.25. The third kappa shape index (κ3) is 3.70. The highest BCUT2D eigenvalue weighted by Crippen LogP contribution is 2.25. The third-order valence-electron chi connectivity index (χ3n) is 4.51. The van der Waals surface area contributed by atoms with E-state index in [1.165, 1.54) is 11.3 Å². The van der Waals surface area contributed by atoms with E-state index in [4.69, 9.17) is 0 Å². The number of para-hydroxylation sites is 1. The number of carbonyl (C=O) groups excluding carboxylic acids is 1. The van der Waals surface area contributed by atoms with Crippen LogP contribution in [-0.2, 0) is 11.2 Å². The van der Waals surface area contributed by atoms with Gasteiger partial charge in [-0.05, 0) is 38.1 Å². The maximum absolute atomic E-state index is 12.6. The molecule has 0 unspecified atom stereocenters. The number of thiazole rings is 1. The summed E-state index contributed by atoms with van der Waals surface area (Å²) in [5.41, 5.74) is 5.54. The zero-order chi connectivity index (χ0) is 19.5. The second-order valence-electron chi connectivity index (χ2n) is 6.40. The number of anilines is 1. The number of hydrogen-bond acceptors (Lipinski definition) is 5. The number of pyridine rings is 1. The predicted molar refractivity (Wildman–Crippen MR) is 111 cm³/mol. The Kier molecular flexibility index (Phi) is 4.99. The molecule has 1 N–H and O–H groups in total. The topological polar surface area (TPSA) is 72.7 Å². The molecular formula is C21H19N5OS. The van der Waals surface area contributed by atoms with Gasteiger partial charge in [-0.2, -0.15) is 5.10 Å². The van der Waals surface area contributed by atoms with Crippen molar-refractivity contribution in [3.63, 3.8) is 0 Å². The van der Waals surface area contributed by atoms with Crippen molar-refractivity contribution in [2.75, 3.05) is 5.32 Å². The molecular weight excluding hydrogens is 370 g/mol. The highest BCUT2D eigenvalue weighted by molar-refractivity contribution is 7.14. The van der Waals surface area contributed by atoms with Crippen molar-refractivity contribution < 1.29 is 4.79 Å². The van der Waals surface area contributed by atoms with Crippen molar-refractivity contribution in [2.45, 2.75) is 20.3 Å². The van der Waals surface area contributed by atoms with Crippen LogP contribution in [0.5, 0.6) is 0 Å². The largest absolute Gasteiger partial charge is 0.302 e. The lowest BCUT2D eigenvalue weighted by Crippen LogP contribution is -2.15. The van der Waals surface area contributed by atoms with Crippen LogP contribution in [0.3, 0.4) is 0 Å². The molecule has 0 radical (unpaired) electrons. The molecule has 28 heavy (non-hydrogen) atoms. The van der Waals surface area contributed by atoms with E-state index in [2.05, 4.69) is 20.4 Å². The molecule has 140 valence electrons. The molecule has 0 bridgehead atoms. The first-order chi connectivity index (χ1) is 13.6. The van der Waals surface area contributed by atoms with Crippen LogP contribution in [0.15, 0.2) is 60.2 Å². The van der Waals surface area contributed by atoms with Gasteiger partial charge in [-0.1, -0.05) is 18.2 Å². The number of hydrogen-bond donors (Lipinski definition) is 1. The number of carbonyl (C=O) groups is 1. The minimum Gasteiger partial charge on any atom is -0.302 e. The average molecular weight is 389 g/mol. The van der Waals surface area contributed by atoms with Crippen molar-refractivity contribution in [3.8, 4) is 16.9 Å². The molecule has 4 aromatic rings. The van der Waals surface area contributed by atoms with Crippen LogP contribution in [0.25, 0.3) is 16.9 Å². The van der Waals surface area contributed by atoms with E-state index in [9.17, 15) is 4.79 Å². The fourth-order valence-corrected chi connectivity index (χ4v) is 3.80. The zero-order valence-electron chi connectivity index (χ0n) is 15.6. The molecule has 0 aliphatic rings. The highest BCUT2D eigenvalue weighted by Gasteiger charge is 2.17. The summed E-state index contributed by atoms with van der Waals surface area (Å²) in [6.45, 7) is 3.92. The lowest BCUT2D eigenvalue weighted by Gasteiger charge is -2.05. The quantitative estimate of drug-likeness (QED) is 0.555. The standard InChI is InChI=1S/C21H19N5OS/c1-14-18(15(2)26(25-14)17-6-4-3-5-7-17)12-20(27)24-21-23-19(13-28-21)16-8-10-22-11-9-16/h3-11,13H,12H2,1-2H3,(H,23,24,27). The van der Waals surface area contributed by atoms with E-state index < -0.39 is 0 Å². The Labute approximate surface area is 166 Å². The summed E-state index contributed by atoms with van der Waals surface area (Å²) in [6, 6.07) is 13.7. The summed E-state index contributed by atoms with van der Waals surface area (Å²) < 4.78 is 1.88. The summed E-state index contributed by atoms with van der Waals surface area (Å²) in [5.74, 6) is -0.102.